The lowest BCUT2D eigenvalue weighted by atomic mass is 10.1. The molecular formula is C19H16F5N3O. The molecule has 1 heterocycles. The lowest BCUT2D eigenvalue weighted by molar-refractivity contribution is -0.137. The molecule has 0 spiro atoms. The van der Waals surface area contributed by atoms with Crippen LogP contribution in [0.15, 0.2) is 48.5 Å². The van der Waals surface area contributed by atoms with E-state index in [9.17, 15) is 26.7 Å². The molecule has 4 nitrogen and oxygen atoms in total. The predicted molar refractivity (Wildman–Crippen MR) is 92.7 cm³/mol. The number of nitrogens with zero attached hydrogens (tertiary/aromatic N) is 2. The number of para-hydroxylation sites is 2. The maximum absolute atomic E-state index is 13.5. The molecule has 2 aromatic carbocycles. The Hall–Kier alpha value is -2.97. The summed E-state index contributed by atoms with van der Waals surface area (Å²) in [6.45, 7) is -1.32. The molecule has 148 valence electrons. The van der Waals surface area contributed by atoms with Crippen molar-refractivity contribution in [2.45, 2.75) is 32.1 Å². The molecule has 1 N–H and O–H groups in total. The zero-order valence-electron chi connectivity index (χ0n) is 14.7. The van der Waals surface area contributed by atoms with Crippen LogP contribution in [0.2, 0.25) is 0 Å². The molecule has 1 amide bonds. The van der Waals surface area contributed by atoms with E-state index in [1.165, 1.54) is 25.1 Å². The SMILES string of the molecule is CC(NC(=O)Cc1ccc(C(F)(F)F)cc1)c1nc2ccccc2n1C(F)F. The number of aromatic nitrogens is 2. The van der Waals surface area contributed by atoms with Crippen molar-refractivity contribution < 1.29 is 26.7 Å². The number of hydrogen-bond acceptors (Lipinski definition) is 2. The van der Waals surface area contributed by atoms with E-state index in [0.29, 0.717) is 11.1 Å². The zero-order valence-corrected chi connectivity index (χ0v) is 14.7. The van der Waals surface area contributed by atoms with Gasteiger partial charge in [-0.05, 0) is 36.8 Å². The highest BCUT2D eigenvalue weighted by molar-refractivity contribution is 5.79. The van der Waals surface area contributed by atoms with E-state index < -0.39 is 30.2 Å². The molecule has 3 rings (SSSR count). The molecule has 0 aliphatic heterocycles. The van der Waals surface area contributed by atoms with E-state index in [0.717, 1.165) is 16.7 Å². The third-order valence-electron chi connectivity index (χ3n) is 4.23. The van der Waals surface area contributed by atoms with Crippen LogP contribution in [0.25, 0.3) is 11.0 Å². The molecule has 0 aliphatic carbocycles. The minimum atomic E-state index is -4.45. The smallest absolute Gasteiger partial charge is 0.346 e. The van der Waals surface area contributed by atoms with Crippen LogP contribution in [0.3, 0.4) is 0 Å². The molecule has 1 atom stereocenters. The van der Waals surface area contributed by atoms with Crippen molar-refractivity contribution in [1.82, 2.24) is 14.9 Å². The van der Waals surface area contributed by atoms with Crippen LogP contribution in [-0.2, 0) is 17.4 Å². The predicted octanol–water partition coefficient (Wildman–Crippen LogP) is 4.87. The van der Waals surface area contributed by atoms with E-state index in [4.69, 9.17) is 0 Å². The number of halogens is 5. The van der Waals surface area contributed by atoms with E-state index in [2.05, 4.69) is 10.3 Å². The lowest BCUT2D eigenvalue weighted by Gasteiger charge is -2.16. The molecule has 0 fully saturated rings. The van der Waals surface area contributed by atoms with E-state index >= 15 is 0 Å². The summed E-state index contributed by atoms with van der Waals surface area (Å²) in [6.07, 6.45) is -4.64. The number of fused-ring (bicyclic) bond motifs is 1. The molecule has 0 aliphatic rings. The Morgan fingerprint density at radius 1 is 1.11 bits per heavy atom. The maximum atomic E-state index is 13.5. The summed E-state index contributed by atoms with van der Waals surface area (Å²) in [5.74, 6) is -0.517. The summed E-state index contributed by atoms with van der Waals surface area (Å²) < 4.78 is 65.5. The van der Waals surface area contributed by atoms with Crippen molar-refractivity contribution >= 4 is 16.9 Å². The van der Waals surface area contributed by atoms with E-state index in [1.54, 1.807) is 18.2 Å². The van der Waals surface area contributed by atoms with Crippen molar-refractivity contribution in [2.24, 2.45) is 0 Å². The Balaban J connectivity index is 1.74. The Bertz CT molecular complexity index is 979. The van der Waals surface area contributed by atoms with Gasteiger partial charge in [0, 0.05) is 0 Å². The summed E-state index contributed by atoms with van der Waals surface area (Å²) in [5, 5.41) is 2.57. The van der Waals surface area contributed by atoms with Crippen LogP contribution in [0.1, 0.15) is 36.5 Å². The molecule has 0 radical (unpaired) electrons. The summed E-state index contributed by atoms with van der Waals surface area (Å²) in [4.78, 5) is 16.4. The van der Waals surface area contributed by atoms with Crippen molar-refractivity contribution in [3.63, 3.8) is 0 Å². The number of rotatable bonds is 5. The fourth-order valence-corrected chi connectivity index (χ4v) is 2.93. The number of carbonyl (C=O) groups is 1. The Kier molecular flexibility index (Phi) is 5.35. The first-order valence-electron chi connectivity index (χ1n) is 8.37. The standard InChI is InChI=1S/C19H16F5N3O/c1-11(17-26-14-4-2-3-5-15(14)27(17)18(20)21)25-16(28)10-12-6-8-13(9-7-12)19(22,23)24/h2-9,11,18H,10H2,1H3,(H,25,28). The molecular weight excluding hydrogens is 381 g/mol. The average Bonchev–Trinajstić information content (AvgIpc) is 3.01. The number of nitrogens with one attached hydrogen (secondary N) is 1. The molecule has 0 saturated heterocycles. The van der Waals surface area contributed by atoms with Crippen LogP contribution in [0.5, 0.6) is 0 Å². The van der Waals surface area contributed by atoms with Crippen molar-refractivity contribution in [3.8, 4) is 0 Å². The van der Waals surface area contributed by atoms with Gasteiger partial charge in [0.15, 0.2) is 0 Å². The lowest BCUT2D eigenvalue weighted by Crippen LogP contribution is -2.30. The molecule has 1 aromatic heterocycles. The monoisotopic (exact) mass is 397 g/mol. The number of carbonyl (C=O) groups excluding carboxylic acids is 1. The van der Waals surface area contributed by atoms with Crippen LogP contribution >= 0.6 is 0 Å². The topological polar surface area (TPSA) is 46.9 Å². The second kappa shape index (κ2) is 7.57. The molecule has 0 bridgehead atoms. The minimum absolute atomic E-state index is 0.00281. The van der Waals surface area contributed by atoms with Gasteiger partial charge in [0.2, 0.25) is 5.91 Å². The Morgan fingerprint density at radius 3 is 2.36 bits per heavy atom. The van der Waals surface area contributed by atoms with Crippen molar-refractivity contribution in [2.75, 3.05) is 0 Å². The third-order valence-corrected chi connectivity index (χ3v) is 4.23. The van der Waals surface area contributed by atoms with Gasteiger partial charge in [-0.3, -0.25) is 9.36 Å². The van der Waals surface area contributed by atoms with Crippen LogP contribution in [0, 0.1) is 0 Å². The quantitative estimate of drug-likeness (QED) is 0.625. The summed E-state index contributed by atoms with van der Waals surface area (Å²) >= 11 is 0. The second-order valence-corrected chi connectivity index (χ2v) is 6.27. The van der Waals surface area contributed by atoms with Gasteiger partial charge in [-0.1, -0.05) is 24.3 Å². The van der Waals surface area contributed by atoms with E-state index in [1.807, 2.05) is 0 Å². The van der Waals surface area contributed by atoms with Gasteiger partial charge < -0.3 is 5.32 Å². The van der Waals surface area contributed by atoms with Crippen LogP contribution in [0.4, 0.5) is 22.0 Å². The number of hydrogen-bond donors (Lipinski definition) is 1. The maximum Gasteiger partial charge on any atom is 0.416 e. The fourth-order valence-electron chi connectivity index (χ4n) is 2.93. The second-order valence-electron chi connectivity index (χ2n) is 6.27. The first kappa shape index (κ1) is 19.8. The van der Waals surface area contributed by atoms with Gasteiger partial charge in [0.1, 0.15) is 5.82 Å². The summed E-state index contributed by atoms with van der Waals surface area (Å²) in [5.41, 5.74) is 0.189. The normalized spacial score (nSPS) is 13.1. The fraction of sp³-hybridized carbons (Fsp3) is 0.263. The molecule has 28 heavy (non-hydrogen) atoms. The Labute approximate surface area is 157 Å². The van der Waals surface area contributed by atoms with E-state index in [-0.39, 0.29) is 17.8 Å². The van der Waals surface area contributed by atoms with Crippen molar-refractivity contribution in [3.05, 3.63) is 65.5 Å². The summed E-state index contributed by atoms with van der Waals surface area (Å²) in [7, 11) is 0. The molecule has 0 saturated carbocycles. The van der Waals surface area contributed by atoms with Crippen LogP contribution < -0.4 is 5.32 Å². The molecule has 9 heteroatoms. The third kappa shape index (κ3) is 4.13. The van der Waals surface area contributed by atoms with Gasteiger partial charge in [-0.15, -0.1) is 0 Å². The van der Waals surface area contributed by atoms with Crippen molar-refractivity contribution in [1.29, 1.82) is 0 Å². The molecule has 3 aromatic rings. The number of amides is 1. The van der Waals surface area contributed by atoms with Crippen LogP contribution in [-0.4, -0.2) is 15.5 Å². The highest BCUT2D eigenvalue weighted by Gasteiger charge is 2.30. The van der Waals surface area contributed by atoms with Gasteiger partial charge in [0.25, 0.3) is 0 Å². The highest BCUT2D eigenvalue weighted by Crippen LogP contribution is 2.29. The average molecular weight is 397 g/mol. The minimum Gasteiger partial charge on any atom is -0.346 e. The number of imidazole rings is 1. The Morgan fingerprint density at radius 2 is 1.75 bits per heavy atom. The number of benzene rings is 2. The summed E-state index contributed by atoms with van der Waals surface area (Å²) in [6, 6.07) is 9.77. The highest BCUT2D eigenvalue weighted by atomic mass is 19.4. The first-order valence-corrected chi connectivity index (χ1v) is 8.37. The van der Waals surface area contributed by atoms with Gasteiger partial charge in [-0.2, -0.15) is 22.0 Å². The zero-order chi connectivity index (χ0) is 20.5. The molecule has 1 unspecified atom stereocenters. The van der Waals surface area contributed by atoms with Gasteiger partial charge >= 0.3 is 12.7 Å². The van der Waals surface area contributed by atoms with Gasteiger partial charge in [-0.25, -0.2) is 4.98 Å². The largest absolute Gasteiger partial charge is 0.416 e. The van der Waals surface area contributed by atoms with Gasteiger partial charge in [0.05, 0.1) is 29.1 Å². The number of alkyl halides is 5. The first-order chi connectivity index (χ1) is 13.2.